The monoisotopic (exact) mass is 200 g/mol. The molecule has 0 radical (unpaired) electrons. The standard InChI is InChI=1S/C13H12S/c1-9-6-7-13-11(8-9)10-4-2-3-5-12(10)14-13/h2-7,11H,8H2,1H3. The SMILES string of the molecule is CC1=CC=C2Sc3ccccc3C2C1. The van der Waals surface area contributed by atoms with Gasteiger partial charge in [0.25, 0.3) is 0 Å². The molecule has 0 saturated heterocycles. The first kappa shape index (κ1) is 8.37. The molecule has 70 valence electrons. The maximum Gasteiger partial charge on any atom is 0.0201 e. The van der Waals surface area contributed by atoms with Gasteiger partial charge in [-0.25, -0.2) is 0 Å². The van der Waals surface area contributed by atoms with Gasteiger partial charge in [0.1, 0.15) is 0 Å². The molecule has 1 atom stereocenters. The number of fused-ring (bicyclic) bond motifs is 3. The molecule has 1 unspecified atom stereocenters. The molecule has 0 fully saturated rings. The smallest absolute Gasteiger partial charge is 0.0201 e. The maximum atomic E-state index is 2.29. The summed E-state index contributed by atoms with van der Waals surface area (Å²) in [6.07, 6.45) is 5.74. The Kier molecular flexibility index (Phi) is 1.81. The number of benzene rings is 1. The van der Waals surface area contributed by atoms with Crippen molar-refractivity contribution in [3.63, 3.8) is 0 Å². The van der Waals surface area contributed by atoms with Crippen molar-refractivity contribution in [1.29, 1.82) is 0 Å². The summed E-state index contributed by atoms with van der Waals surface area (Å²) in [6.45, 7) is 2.22. The van der Waals surface area contributed by atoms with Crippen LogP contribution in [0.5, 0.6) is 0 Å². The van der Waals surface area contributed by atoms with Crippen molar-refractivity contribution in [1.82, 2.24) is 0 Å². The van der Waals surface area contributed by atoms with Gasteiger partial charge in [-0.2, -0.15) is 0 Å². The molecule has 0 nitrogen and oxygen atoms in total. The first-order chi connectivity index (χ1) is 6.84. The molecule has 0 N–H and O–H groups in total. The summed E-state index contributed by atoms with van der Waals surface area (Å²) in [5, 5.41) is 0. The molecule has 14 heavy (non-hydrogen) atoms. The van der Waals surface area contributed by atoms with Crippen molar-refractivity contribution in [2.24, 2.45) is 0 Å². The lowest BCUT2D eigenvalue weighted by molar-refractivity contribution is 0.800. The van der Waals surface area contributed by atoms with E-state index in [9.17, 15) is 0 Å². The lowest BCUT2D eigenvalue weighted by Gasteiger charge is -2.16. The van der Waals surface area contributed by atoms with Crippen LogP contribution in [0, 0.1) is 0 Å². The zero-order valence-corrected chi connectivity index (χ0v) is 8.97. The van der Waals surface area contributed by atoms with E-state index < -0.39 is 0 Å². The Morgan fingerprint density at radius 2 is 2.07 bits per heavy atom. The molecule has 1 aromatic rings. The van der Waals surface area contributed by atoms with E-state index in [1.165, 1.54) is 27.4 Å². The predicted octanol–water partition coefficient (Wildman–Crippen LogP) is 4.11. The Hall–Kier alpha value is -0.950. The van der Waals surface area contributed by atoms with Gasteiger partial charge >= 0.3 is 0 Å². The van der Waals surface area contributed by atoms with Gasteiger partial charge < -0.3 is 0 Å². The maximum absolute atomic E-state index is 2.29. The van der Waals surface area contributed by atoms with Crippen molar-refractivity contribution in [3.05, 3.63) is 52.5 Å². The fourth-order valence-electron chi connectivity index (χ4n) is 2.19. The summed E-state index contributed by atoms with van der Waals surface area (Å²) in [6, 6.07) is 8.78. The van der Waals surface area contributed by atoms with Crippen LogP contribution in [-0.4, -0.2) is 0 Å². The van der Waals surface area contributed by atoms with E-state index in [0.717, 1.165) is 0 Å². The minimum atomic E-state index is 0.654. The molecule has 1 aliphatic heterocycles. The Morgan fingerprint density at radius 1 is 1.21 bits per heavy atom. The van der Waals surface area contributed by atoms with Gasteiger partial charge in [-0.05, 0) is 29.9 Å². The second kappa shape index (κ2) is 3.03. The first-order valence-electron chi connectivity index (χ1n) is 4.99. The Labute approximate surface area is 88.7 Å². The molecule has 0 aromatic heterocycles. The van der Waals surface area contributed by atoms with E-state index in [0.29, 0.717) is 5.92 Å². The number of rotatable bonds is 0. The summed E-state index contributed by atoms with van der Waals surface area (Å²) in [5.41, 5.74) is 3.02. The van der Waals surface area contributed by atoms with Crippen LogP contribution in [0.15, 0.2) is 51.8 Å². The molecule has 3 rings (SSSR count). The van der Waals surface area contributed by atoms with E-state index in [2.05, 4.69) is 43.3 Å². The first-order valence-corrected chi connectivity index (χ1v) is 5.80. The van der Waals surface area contributed by atoms with Crippen LogP contribution in [0.2, 0.25) is 0 Å². The summed E-state index contributed by atoms with van der Waals surface area (Å²) < 4.78 is 0. The quantitative estimate of drug-likeness (QED) is 0.607. The van der Waals surface area contributed by atoms with E-state index in [4.69, 9.17) is 0 Å². The topological polar surface area (TPSA) is 0 Å². The fraction of sp³-hybridized carbons (Fsp3) is 0.231. The number of allylic oxidation sites excluding steroid dienone is 4. The highest BCUT2D eigenvalue weighted by Crippen LogP contribution is 2.52. The van der Waals surface area contributed by atoms with Gasteiger partial charge in [0.05, 0.1) is 0 Å². The molecule has 1 heteroatoms. The third-order valence-electron chi connectivity index (χ3n) is 2.92. The third kappa shape index (κ3) is 1.16. The minimum absolute atomic E-state index is 0.654. The molecule has 1 aromatic carbocycles. The summed E-state index contributed by atoms with van der Waals surface area (Å²) in [7, 11) is 0. The number of hydrogen-bond acceptors (Lipinski definition) is 1. The van der Waals surface area contributed by atoms with Crippen molar-refractivity contribution >= 4 is 11.8 Å². The van der Waals surface area contributed by atoms with E-state index in [1.54, 1.807) is 0 Å². The van der Waals surface area contributed by atoms with E-state index >= 15 is 0 Å². The van der Waals surface area contributed by atoms with Gasteiger partial charge in [-0.1, -0.05) is 47.7 Å². The zero-order valence-electron chi connectivity index (χ0n) is 8.16. The Balaban J connectivity index is 2.10. The lowest BCUT2D eigenvalue weighted by Crippen LogP contribution is -1.99. The zero-order chi connectivity index (χ0) is 9.54. The second-order valence-corrected chi connectivity index (χ2v) is 5.09. The van der Waals surface area contributed by atoms with Gasteiger partial charge in [0.15, 0.2) is 0 Å². The van der Waals surface area contributed by atoms with Crippen LogP contribution >= 0.6 is 11.8 Å². The average molecular weight is 200 g/mol. The van der Waals surface area contributed by atoms with E-state index in [1.807, 2.05) is 11.8 Å². The third-order valence-corrected chi connectivity index (χ3v) is 4.17. The normalized spacial score (nSPS) is 23.6. The van der Waals surface area contributed by atoms with Gasteiger partial charge in [-0.3, -0.25) is 0 Å². The Bertz CT molecular complexity index is 440. The second-order valence-electron chi connectivity index (χ2n) is 3.98. The van der Waals surface area contributed by atoms with Gasteiger partial charge in [0.2, 0.25) is 0 Å². The Morgan fingerprint density at radius 3 is 3.00 bits per heavy atom. The van der Waals surface area contributed by atoms with Crippen LogP contribution in [-0.2, 0) is 0 Å². The fourth-order valence-corrected chi connectivity index (χ4v) is 3.41. The highest BCUT2D eigenvalue weighted by molar-refractivity contribution is 8.03. The highest BCUT2D eigenvalue weighted by atomic mass is 32.2. The molecule has 0 amide bonds. The summed E-state index contributed by atoms with van der Waals surface area (Å²) in [4.78, 5) is 2.98. The number of hydrogen-bond donors (Lipinski definition) is 0. The molecule has 0 saturated carbocycles. The highest BCUT2D eigenvalue weighted by Gasteiger charge is 2.28. The van der Waals surface area contributed by atoms with Crippen molar-refractivity contribution < 1.29 is 0 Å². The molecular formula is C13H12S. The van der Waals surface area contributed by atoms with Crippen molar-refractivity contribution in [3.8, 4) is 0 Å². The molecule has 0 bridgehead atoms. The molecular weight excluding hydrogens is 188 g/mol. The van der Waals surface area contributed by atoms with Crippen LogP contribution in [0.4, 0.5) is 0 Å². The minimum Gasteiger partial charge on any atom is -0.0936 e. The molecule has 2 aliphatic rings. The molecule has 0 spiro atoms. The lowest BCUT2D eigenvalue weighted by atomic mass is 9.89. The average Bonchev–Trinajstić information content (AvgIpc) is 2.56. The van der Waals surface area contributed by atoms with Crippen molar-refractivity contribution in [2.75, 3.05) is 0 Å². The van der Waals surface area contributed by atoms with Gasteiger partial charge in [-0.15, -0.1) is 0 Å². The van der Waals surface area contributed by atoms with Gasteiger partial charge in [0, 0.05) is 10.8 Å². The summed E-state index contributed by atoms with van der Waals surface area (Å²) >= 11 is 1.94. The van der Waals surface area contributed by atoms with E-state index in [-0.39, 0.29) is 0 Å². The van der Waals surface area contributed by atoms with Crippen LogP contribution < -0.4 is 0 Å². The molecule has 1 aliphatic carbocycles. The van der Waals surface area contributed by atoms with Crippen LogP contribution in [0.25, 0.3) is 0 Å². The largest absolute Gasteiger partial charge is 0.0936 e. The molecule has 1 heterocycles. The van der Waals surface area contributed by atoms with Crippen LogP contribution in [0.3, 0.4) is 0 Å². The van der Waals surface area contributed by atoms with Crippen LogP contribution in [0.1, 0.15) is 24.8 Å². The summed E-state index contributed by atoms with van der Waals surface area (Å²) in [5.74, 6) is 0.654. The number of thioether (sulfide) groups is 1. The predicted molar refractivity (Wildman–Crippen MR) is 61.5 cm³/mol. The van der Waals surface area contributed by atoms with Crippen molar-refractivity contribution in [2.45, 2.75) is 24.2 Å².